The number of aliphatic hydroxyl groups excluding tert-OH is 1. The average Bonchev–Trinajstić information content (AvgIpc) is 2.68. The van der Waals surface area contributed by atoms with Crippen LogP contribution in [0.15, 0.2) is 42.5 Å². The largest absolute Gasteiger partial charge is 0.497 e. The molecule has 26 heavy (non-hydrogen) atoms. The SMILES string of the molecule is COc1ccc(OC)c([C@H](O)CN2CCN(c3ccccc3F)CC2)c1. The number of hydrogen-bond donors (Lipinski definition) is 1. The summed E-state index contributed by atoms with van der Waals surface area (Å²) in [4.78, 5) is 4.23. The van der Waals surface area contributed by atoms with Crippen molar-refractivity contribution in [3.8, 4) is 11.5 Å². The Morgan fingerprint density at radius 1 is 1.04 bits per heavy atom. The molecule has 2 aromatic rings. The maximum absolute atomic E-state index is 13.9. The molecule has 2 aromatic carbocycles. The third-order valence-corrected chi connectivity index (χ3v) is 4.79. The lowest BCUT2D eigenvalue weighted by Crippen LogP contribution is -2.47. The molecule has 0 unspecified atom stereocenters. The highest BCUT2D eigenvalue weighted by Gasteiger charge is 2.23. The topological polar surface area (TPSA) is 45.2 Å². The number of nitrogens with zero attached hydrogens (tertiary/aromatic N) is 2. The molecule has 5 nitrogen and oxygen atoms in total. The Morgan fingerprint density at radius 3 is 2.42 bits per heavy atom. The summed E-state index contributed by atoms with van der Waals surface area (Å²) in [7, 11) is 3.19. The number of ether oxygens (including phenoxy) is 2. The second kappa shape index (κ2) is 8.38. The first-order chi connectivity index (χ1) is 12.6. The van der Waals surface area contributed by atoms with E-state index in [4.69, 9.17) is 9.47 Å². The van der Waals surface area contributed by atoms with Gasteiger partial charge in [0.15, 0.2) is 0 Å². The van der Waals surface area contributed by atoms with Gasteiger partial charge in [-0.05, 0) is 30.3 Å². The molecule has 1 aliphatic heterocycles. The molecular weight excluding hydrogens is 335 g/mol. The van der Waals surface area contributed by atoms with Crippen LogP contribution in [-0.2, 0) is 0 Å². The molecule has 0 amide bonds. The lowest BCUT2D eigenvalue weighted by atomic mass is 10.1. The Balaban J connectivity index is 1.62. The molecule has 0 saturated carbocycles. The monoisotopic (exact) mass is 360 g/mol. The zero-order valence-corrected chi connectivity index (χ0v) is 15.2. The zero-order valence-electron chi connectivity index (χ0n) is 15.2. The molecular formula is C20H25FN2O3. The van der Waals surface area contributed by atoms with Gasteiger partial charge in [-0.2, -0.15) is 0 Å². The number of methoxy groups -OCH3 is 2. The normalized spacial score (nSPS) is 16.4. The summed E-state index contributed by atoms with van der Waals surface area (Å²) in [5, 5.41) is 10.7. The molecule has 1 fully saturated rings. The van der Waals surface area contributed by atoms with Crippen molar-refractivity contribution < 1.29 is 19.0 Å². The quantitative estimate of drug-likeness (QED) is 0.858. The van der Waals surface area contributed by atoms with Crippen LogP contribution in [0.5, 0.6) is 11.5 Å². The van der Waals surface area contributed by atoms with Gasteiger partial charge in [-0.25, -0.2) is 4.39 Å². The molecule has 1 saturated heterocycles. The van der Waals surface area contributed by atoms with Gasteiger partial charge in [0, 0.05) is 38.3 Å². The van der Waals surface area contributed by atoms with Crippen LogP contribution < -0.4 is 14.4 Å². The van der Waals surface area contributed by atoms with Crippen LogP contribution in [0.25, 0.3) is 0 Å². The standard InChI is InChI=1S/C20H25FN2O3/c1-25-15-7-8-20(26-2)16(13-15)19(24)14-22-9-11-23(12-10-22)18-6-4-3-5-17(18)21/h3-8,13,19,24H,9-12,14H2,1-2H3/t19-/m1/s1. The van der Waals surface area contributed by atoms with E-state index in [1.54, 1.807) is 38.5 Å². The summed E-state index contributed by atoms with van der Waals surface area (Å²) in [5.74, 6) is 1.13. The van der Waals surface area contributed by atoms with Crippen molar-refractivity contribution in [1.82, 2.24) is 4.90 Å². The number of benzene rings is 2. The van der Waals surface area contributed by atoms with E-state index in [0.29, 0.717) is 29.3 Å². The van der Waals surface area contributed by atoms with Gasteiger partial charge < -0.3 is 19.5 Å². The van der Waals surface area contributed by atoms with Crippen molar-refractivity contribution in [2.24, 2.45) is 0 Å². The average molecular weight is 360 g/mol. The highest BCUT2D eigenvalue weighted by molar-refractivity contribution is 5.48. The smallest absolute Gasteiger partial charge is 0.146 e. The number of β-amino-alcohol motifs (C(OH)–C–C–N with tert-alkyl or cyclic N) is 1. The highest BCUT2D eigenvalue weighted by atomic mass is 19.1. The van der Waals surface area contributed by atoms with Gasteiger partial charge in [-0.3, -0.25) is 4.90 Å². The molecule has 1 heterocycles. The minimum atomic E-state index is -0.680. The lowest BCUT2D eigenvalue weighted by molar-refractivity contribution is 0.107. The first-order valence-corrected chi connectivity index (χ1v) is 8.74. The number of aliphatic hydroxyl groups is 1. The first-order valence-electron chi connectivity index (χ1n) is 8.74. The highest BCUT2D eigenvalue weighted by Crippen LogP contribution is 2.30. The van der Waals surface area contributed by atoms with Crippen LogP contribution in [-0.4, -0.2) is 56.9 Å². The maximum Gasteiger partial charge on any atom is 0.146 e. The first kappa shape index (κ1) is 18.5. The molecule has 6 heteroatoms. The molecule has 0 bridgehead atoms. The number of para-hydroxylation sites is 1. The molecule has 0 aromatic heterocycles. The van der Waals surface area contributed by atoms with E-state index in [-0.39, 0.29) is 5.82 Å². The Kier molecular flexibility index (Phi) is 5.96. The van der Waals surface area contributed by atoms with Gasteiger partial charge in [0.05, 0.1) is 26.0 Å². The molecule has 1 N–H and O–H groups in total. The van der Waals surface area contributed by atoms with Crippen molar-refractivity contribution in [3.63, 3.8) is 0 Å². The molecule has 3 rings (SSSR count). The molecule has 0 radical (unpaired) electrons. The zero-order chi connectivity index (χ0) is 18.5. The minimum absolute atomic E-state index is 0.192. The lowest BCUT2D eigenvalue weighted by Gasteiger charge is -2.37. The van der Waals surface area contributed by atoms with Crippen LogP contribution in [0, 0.1) is 5.82 Å². The van der Waals surface area contributed by atoms with E-state index >= 15 is 0 Å². The fourth-order valence-electron chi connectivity index (χ4n) is 3.32. The molecule has 0 spiro atoms. The number of rotatable bonds is 6. The van der Waals surface area contributed by atoms with Crippen molar-refractivity contribution in [1.29, 1.82) is 0 Å². The Hall–Kier alpha value is -2.31. The van der Waals surface area contributed by atoms with E-state index in [2.05, 4.69) is 4.90 Å². The number of anilines is 1. The fourth-order valence-corrected chi connectivity index (χ4v) is 3.32. The second-order valence-corrected chi connectivity index (χ2v) is 6.36. The van der Waals surface area contributed by atoms with E-state index in [9.17, 15) is 9.50 Å². The van der Waals surface area contributed by atoms with Gasteiger partial charge in [-0.15, -0.1) is 0 Å². The summed E-state index contributed by atoms with van der Waals surface area (Å²) in [6, 6.07) is 12.3. The molecule has 140 valence electrons. The number of hydrogen-bond acceptors (Lipinski definition) is 5. The van der Waals surface area contributed by atoms with E-state index in [1.165, 1.54) is 6.07 Å². The summed E-state index contributed by atoms with van der Waals surface area (Å²) in [6.07, 6.45) is -0.680. The van der Waals surface area contributed by atoms with Gasteiger partial charge >= 0.3 is 0 Å². The summed E-state index contributed by atoms with van der Waals surface area (Å²) < 4.78 is 24.5. The van der Waals surface area contributed by atoms with Crippen LogP contribution in [0.3, 0.4) is 0 Å². The molecule has 1 atom stereocenters. The van der Waals surface area contributed by atoms with E-state index < -0.39 is 6.10 Å². The van der Waals surface area contributed by atoms with Crippen molar-refractivity contribution in [2.45, 2.75) is 6.10 Å². The second-order valence-electron chi connectivity index (χ2n) is 6.36. The van der Waals surface area contributed by atoms with Crippen LogP contribution in [0.1, 0.15) is 11.7 Å². The Labute approximate surface area is 153 Å². The fraction of sp³-hybridized carbons (Fsp3) is 0.400. The van der Waals surface area contributed by atoms with Gasteiger partial charge in [0.2, 0.25) is 0 Å². The summed E-state index contributed by atoms with van der Waals surface area (Å²) in [6.45, 7) is 3.47. The maximum atomic E-state index is 13.9. The van der Waals surface area contributed by atoms with Crippen molar-refractivity contribution >= 4 is 5.69 Å². The molecule has 1 aliphatic rings. The predicted molar refractivity (Wildman–Crippen MR) is 99.6 cm³/mol. The predicted octanol–water partition coefficient (Wildman–Crippen LogP) is 2.70. The van der Waals surface area contributed by atoms with Crippen LogP contribution >= 0.6 is 0 Å². The third-order valence-electron chi connectivity index (χ3n) is 4.79. The number of halogens is 1. The van der Waals surface area contributed by atoms with Gasteiger partial charge in [0.1, 0.15) is 17.3 Å². The van der Waals surface area contributed by atoms with Crippen molar-refractivity contribution in [2.75, 3.05) is 51.8 Å². The van der Waals surface area contributed by atoms with Gasteiger partial charge in [0.25, 0.3) is 0 Å². The minimum Gasteiger partial charge on any atom is -0.497 e. The van der Waals surface area contributed by atoms with Crippen LogP contribution in [0.4, 0.5) is 10.1 Å². The summed E-state index contributed by atoms with van der Waals surface area (Å²) in [5.41, 5.74) is 1.35. The van der Waals surface area contributed by atoms with E-state index in [0.717, 1.165) is 26.2 Å². The Morgan fingerprint density at radius 2 is 1.77 bits per heavy atom. The van der Waals surface area contributed by atoms with E-state index in [1.807, 2.05) is 17.0 Å². The number of piperazine rings is 1. The van der Waals surface area contributed by atoms with Crippen molar-refractivity contribution in [3.05, 3.63) is 53.8 Å². The Bertz CT molecular complexity index is 733. The summed E-state index contributed by atoms with van der Waals surface area (Å²) >= 11 is 0. The molecule has 0 aliphatic carbocycles. The third kappa shape index (κ3) is 4.08. The van der Waals surface area contributed by atoms with Crippen LogP contribution in [0.2, 0.25) is 0 Å². The van der Waals surface area contributed by atoms with Gasteiger partial charge in [-0.1, -0.05) is 12.1 Å².